The summed E-state index contributed by atoms with van der Waals surface area (Å²) in [5, 5.41) is 2.75. The van der Waals surface area contributed by atoms with Crippen molar-refractivity contribution in [3.8, 4) is 0 Å². The number of hydrogen-bond donors (Lipinski definition) is 2. The molecule has 2 atom stereocenters. The van der Waals surface area contributed by atoms with Crippen LogP contribution >= 0.6 is 0 Å². The standard InChI is InChI=1S/C16H15F3N6O/c1-20-11-4-22-14-10(2-3-21-14)13(11)25-6-9-5-24(7-12(9)25)15(26)23-8-16(17,18)19/h2-4,9,12H,5-8H2,(H,21,22)(H,23,26). The van der Waals surface area contributed by atoms with E-state index < -0.39 is 18.8 Å². The van der Waals surface area contributed by atoms with Gasteiger partial charge in [0.25, 0.3) is 0 Å². The van der Waals surface area contributed by atoms with Crippen molar-refractivity contribution in [2.45, 2.75) is 12.2 Å². The number of likely N-dealkylation sites (tertiary alicyclic amines) is 1. The van der Waals surface area contributed by atoms with E-state index in [-0.39, 0.29) is 12.0 Å². The molecule has 2 aliphatic rings. The zero-order chi connectivity index (χ0) is 18.5. The lowest BCUT2D eigenvalue weighted by atomic mass is 9.90. The minimum Gasteiger partial charge on any atom is -0.374 e. The van der Waals surface area contributed by atoms with Crippen molar-refractivity contribution in [2.75, 3.05) is 31.1 Å². The molecule has 2 unspecified atom stereocenters. The molecule has 2 amide bonds. The second-order valence-corrected chi connectivity index (χ2v) is 6.50. The summed E-state index contributed by atoms with van der Waals surface area (Å²) in [6.07, 6.45) is -1.17. The average Bonchev–Trinajstić information content (AvgIpc) is 3.17. The average molecular weight is 364 g/mol. The zero-order valence-corrected chi connectivity index (χ0v) is 13.5. The molecule has 4 heterocycles. The molecule has 0 radical (unpaired) electrons. The van der Waals surface area contributed by atoms with E-state index in [1.54, 1.807) is 6.20 Å². The van der Waals surface area contributed by atoms with Crippen LogP contribution in [0.4, 0.5) is 29.3 Å². The van der Waals surface area contributed by atoms with E-state index in [1.807, 2.05) is 16.3 Å². The molecular formula is C16H15F3N6O. The number of pyridine rings is 1. The number of halogens is 3. The van der Waals surface area contributed by atoms with Gasteiger partial charge in [-0.05, 0) is 6.07 Å². The van der Waals surface area contributed by atoms with Crippen molar-refractivity contribution in [2.24, 2.45) is 5.92 Å². The van der Waals surface area contributed by atoms with E-state index in [1.165, 1.54) is 11.1 Å². The van der Waals surface area contributed by atoms with Gasteiger partial charge >= 0.3 is 12.2 Å². The van der Waals surface area contributed by atoms with Crippen LogP contribution in [0, 0.1) is 12.5 Å². The predicted octanol–water partition coefficient (Wildman–Crippen LogP) is 2.51. The highest BCUT2D eigenvalue weighted by atomic mass is 19.4. The Bertz CT molecular complexity index is 902. The number of carbonyl (C=O) groups excluding carboxylic acids is 1. The molecule has 10 heteroatoms. The lowest BCUT2D eigenvalue weighted by molar-refractivity contribution is -0.123. The highest BCUT2D eigenvalue weighted by Crippen LogP contribution is 2.44. The minimum atomic E-state index is -4.43. The first-order valence-electron chi connectivity index (χ1n) is 8.07. The quantitative estimate of drug-likeness (QED) is 0.805. The maximum atomic E-state index is 12.3. The summed E-state index contributed by atoms with van der Waals surface area (Å²) in [5.41, 5.74) is 1.87. The van der Waals surface area contributed by atoms with Crippen molar-refractivity contribution in [3.05, 3.63) is 29.9 Å². The molecular weight excluding hydrogens is 349 g/mol. The zero-order valence-electron chi connectivity index (χ0n) is 13.5. The van der Waals surface area contributed by atoms with Crippen LogP contribution in [0.1, 0.15) is 0 Å². The molecule has 0 spiro atoms. The maximum Gasteiger partial charge on any atom is 0.405 e. The van der Waals surface area contributed by atoms with E-state index >= 15 is 0 Å². The Labute approximate surface area is 146 Å². The first-order chi connectivity index (χ1) is 12.4. The molecule has 2 saturated heterocycles. The largest absolute Gasteiger partial charge is 0.405 e. The fourth-order valence-electron chi connectivity index (χ4n) is 3.71. The second kappa shape index (κ2) is 5.79. The van der Waals surface area contributed by atoms with Crippen LogP contribution in [0.15, 0.2) is 18.5 Å². The summed E-state index contributed by atoms with van der Waals surface area (Å²) in [7, 11) is 0. The number of nitrogens with zero attached hydrogens (tertiary/aromatic N) is 4. The number of hydrogen-bond acceptors (Lipinski definition) is 3. The number of aromatic amines is 1. The SMILES string of the molecule is [C-]#[N+]c1cnc2[nH]ccc2c1N1CC2CN(C(=O)NCC(F)(F)F)CC21. The number of anilines is 1. The Balaban J connectivity index is 1.51. The molecule has 7 nitrogen and oxygen atoms in total. The van der Waals surface area contributed by atoms with Crippen molar-refractivity contribution < 1.29 is 18.0 Å². The van der Waals surface area contributed by atoms with E-state index in [0.29, 0.717) is 31.0 Å². The van der Waals surface area contributed by atoms with Gasteiger partial charge in [0, 0.05) is 43.3 Å². The third-order valence-electron chi connectivity index (χ3n) is 4.91. The summed E-state index contributed by atoms with van der Waals surface area (Å²) in [5.74, 6) is 0.187. The first kappa shape index (κ1) is 16.5. The molecule has 0 aromatic carbocycles. The summed E-state index contributed by atoms with van der Waals surface area (Å²) in [6, 6.07) is 1.14. The molecule has 2 N–H and O–H groups in total. The van der Waals surface area contributed by atoms with Crippen LogP contribution in [0.5, 0.6) is 0 Å². The molecule has 2 aromatic rings. The number of aromatic nitrogens is 2. The van der Waals surface area contributed by atoms with Gasteiger partial charge < -0.3 is 20.1 Å². The predicted molar refractivity (Wildman–Crippen MR) is 88.0 cm³/mol. The Morgan fingerprint density at radius 1 is 1.42 bits per heavy atom. The van der Waals surface area contributed by atoms with Gasteiger partial charge in [0.15, 0.2) is 0 Å². The normalized spacial score (nSPS) is 22.1. The summed E-state index contributed by atoms with van der Waals surface area (Å²) < 4.78 is 36.8. The number of fused-ring (bicyclic) bond motifs is 2. The van der Waals surface area contributed by atoms with Crippen molar-refractivity contribution in [1.29, 1.82) is 0 Å². The Morgan fingerprint density at radius 2 is 2.23 bits per heavy atom. The topological polar surface area (TPSA) is 68.6 Å². The van der Waals surface area contributed by atoms with Gasteiger partial charge in [0.1, 0.15) is 12.2 Å². The van der Waals surface area contributed by atoms with Gasteiger partial charge in [-0.3, -0.25) is 4.98 Å². The first-order valence-corrected chi connectivity index (χ1v) is 8.07. The molecule has 26 heavy (non-hydrogen) atoms. The van der Waals surface area contributed by atoms with E-state index in [9.17, 15) is 18.0 Å². The number of carbonyl (C=O) groups is 1. The van der Waals surface area contributed by atoms with Crippen LogP contribution in [0.3, 0.4) is 0 Å². The summed E-state index contributed by atoms with van der Waals surface area (Å²) in [6.45, 7) is 7.45. The van der Waals surface area contributed by atoms with E-state index in [0.717, 1.165) is 11.1 Å². The molecule has 4 rings (SSSR count). The highest BCUT2D eigenvalue weighted by Gasteiger charge is 2.48. The lowest BCUT2D eigenvalue weighted by Crippen LogP contribution is -2.56. The van der Waals surface area contributed by atoms with E-state index in [2.05, 4.69) is 14.8 Å². The van der Waals surface area contributed by atoms with Crippen molar-refractivity contribution in [3.63, 3.8) is 0 Å². The summed E-state index contributed by atoms with van der Waals surface area (Å²) in [4.78, 5) is 26.2. The van der Waals surface area contributed by atoms with Crippen molar-refractivity contribution >= 4 is 28.4 Å². The van der Waals surface area contributed by atoms with Gasteiger partial charge in [0.2, 0.25) is 5.69 Å². The van der Waals surface area contributed by atoms with Crippen LogP contribution in [-0.4, -0.2) is 59.3 Å². The van der Waals surface area contributed by atoms with Gasteiger partial charge in [-0.15, -0.1) is 0 Å². The van der Waals surface area contributed by atoms with Crippen LogP contribution in [0.2, 0.25) is 0 Å². The smallest absolute Gasteiger partial charge is 0.374 e. The minimum absolute atomic E-state index is 0.00682. The molecule has 136 valence electrons. The van der Waals surface area contributed by atoms with Gasteiger partial charge in [-0.2, -0.15) is 13.2 Å². The molecule has 2 fully saturated rings. The lowest BCUT2D eigenvalue weighted by Gasteiger charge is -2.46. The van der Waals surface area contributed by atoms with Crippen LogP contribution in [-0.2, 0) is 0 Å². The molecule has 0 aliphatic carbocycles. The fourth-order valence-corrected chi connectivity index (χ4v) is 3.71. The highest BCUT2D eigenvalue weighted by molar-refractivity contribution is 5.98. The molecule has 2 aromatic heterocycles. The number of H-pyrrole nitrogens is 1. The number of nitrogens with one attached hydrogen (secondary N) is 2. The second-order valence-electron chi connectivity index (χ2n) is 6.50. The van der Waals surface area contributed by atoms with Gasteiger partial charge in [-0.1, -0.05) is 0 Å². The van der Waals surface area contributed by atoms with E-state index in [4.69, 9.17) is 6.57 Å². The van der Waals surface area contributed by atoms with Gasteiger partial charge in [0.05, 0.1) is 18.3 Å². The Kier molecular flexibility index (Phi) is 3.68. The molecule has 2 aliphatic heterocycles. The van der Waals surface area contributed by atoms with Gasteiger partial charge in [-0.25, -0.2) is 9.64 Å². The summed E-state index contributed by atoms with van der Waals surface area (Å²) >= 11 is 0. The van der Waals surface area contributed by atoms with Crippen LogP contribution in [0.25, 0.3) is 15.9 Å². The molecule has 0 saturated carbocycles. The maximum absolute atomic E-state index is 12.3. The number of urea groups is 1. The Morgan fingerprint density at radius 3 is 2.96 bits per heavy atom. The fraction of sp³-hybridized carbons (Fsp3) is 0.438. The number of rotatable bonds is 2. The third kappa shape index (κ3) is 2.69. The van der Waals surface area contributed by atoms with Crippen LogP contribution < -0.4 is 10.2 Å². The van der Waals surface area contributed by atoms with Crippen molar-refractivity contribution in [1.82, 2.24) is 20.2 Å². The monoisotopic (exact) mass is 364 g/mol. The molecule has 0 bridgehead atoms. The third-order valence-corrected chi connectivity index (χ3v) is 4.91. The Hall–Kier alpha value is -2.96. The number of alkyl halides is 3. The number of amides is 2.